The smallest absolute Gasteiger partial charge is 0.0519 e. The van der Waals surface area contributed by atoms with E-state index in [1.54, 1.807) is 0 Å². The molecule has 0 aromatic rings. The van der Waals surface area contributed by atoms with Crippen LogP contribution in [0.25, 0.3) is 0 Å². The van der Waals surface area contributed by atoms with Crippen LogP contribution in [0, 0.1) is 0 Å². The van der Waals surface area contributed by atoms with Gasteiger partial charge in [-0.3, -0.25) is 0 Å². The van der Waals surface area contributed by atoms with Gasteiger partial charge in [0.1, 0.15) is 0 Å². The lowest BCUT2D eigenvalue weighted by Gasteiger charge is -1.69. The van der Waals surface area contributed by atoms with Crippen LogP contribution in [0.4, 0.5) is 0 Å². The average Bonchev–Trinajstić information content (AvgIpc) is 3.19. The van der Waals surface area contributed by atoms with Crippen LogP contribution < -0.4 is 0 Å². The summed E-state index contributed by atoms with van der Waals surface area (Å²) in [6.45, 7) is 32.2. The Morgan fingerprint density at radius 3 is 0.368 bits per heavy atom. The standard InChI is InChI=1S/C2H6OS.8C2H6.8CH4O.2CH4/c3-1-2-4;16*1-2;;/h3-4H,1-2H2;8*1-2H3;8*2H,1H3;2*1H4/i;;;;;;;;;;;;;;;;;2*1D. The van der Waals surface area contributed by atoms with Gasteiger partial charge in [-0.05, 0) is 0 Å². The van der Waals surface area contributed by atoms with E-state index in [2.05, 4.69) is 12.6 Å². The lowest BCUT2D eigenvalue weighted by molar-refractivity contribution is 0.323. The van der Waals surface area contributed by atoms with Crippen LogP contribution >= 0.6 is 12.6 Å². The molecule has 0 aromatic carbocycles. The van der Waals surface area contributed by atoms with E-state index in [9.17, 15) is 0 Å². The summed E-state index contributed by atoms with van der Waals surface area (Å²) in [4.78, 5) is 0. The van der Waals surface area contributed by atoms with E-state index in [1.165, 1.54) is 14.8 Å². The molecule has 9 nitrogen and oxygen atoms in total. The molecule has 0 heterocycles. The molecular weight excluding hydrogens is 512 g/mol. The summed E-state index contributed by atoms with van der Waals surface area (Å²) in [5, 5.41) is 63.8. The molecule has 0 aliphatic heterocycles. The Hall–Kier alpha value is -0.0100. The predicted octanol–water partition coefficient (Wildman–Crippen LogP) is 6.26. The maximum absolute atomic E-state index is 7.80. The third-order valence-electron chi connectivity index (χ3n) is 0.1000. The summed E-state index contributed by atoms with van der Waals surface area (Å²) in [5.74, 6) is 0.569. The van der Waals surface area contributed by atoms with Gasteiger partial charge in [-0.1, -0.05) is 126 Å². The van der Waals surface area contributed by atoms with Gasteiger partial charge in [0, 0.05) is 65.4 Å². The lowest BCUT2D eigenvalue weighted by Crippen LogP contribution is -1.76. The average molecular weight is 609 g/mol. The molecule has 0 radical (unpaired) electrons. The van der Waals surface area contributed by atoms with Gasteiger partial charge >= 0.3 is 0 Å². The molecule has 0 fully saturated rings. The molecule has 0 aliphatic carbocycles. The van der Waals surface area contributed by atoms with Crippen molar-refractivity contribution in [1.29, 1.82) is 0 Å². The molecule has 10 heteroatoms. The van der Waals surface area contributed by atoms with Crippen molar-refractivity contribution in [2.45, 2.75) is 126 Å². The van der Waals surface area contributed by atoms with Crippen LogP contribution in [0.15, 0.2) is 0 Å². The zero-order valence-corrected chi connectivity index (χ0v) is 32.8. The van der Waals surface area contributed by atoms with Crippen molar-refractivity contribution in [3.8, 4) is 0 Å². The first-order valence-corrected chi connectivity index (χ1v) is 13.3. The Morgan fingerprint density at radius 1 is 0.342 bits per heavy atom. The molecule has 0 saturated heterocycles. The van der Waals surface area contributed by atoms with E-state index in [-0.39, 0.29) is 6.61 Å². The molecule has 266 valence electrons. The molecule has 9 N–H and O–H groups in total. The van der Waals surface area contributed by atoms with Gasteiger partial charge in [0.2, 0.25) is 0 Å². The van der Waals surface area contributed by atoms with Crippen LogP contribution in [-0.4, -0.2) is 115 Å². The highest BCUT2D eigenvalue weighted by Crippen LogP contribution is 1.61. The Balaban J connectivity index is -0.00000000688. The minimum absolute atomic E-state index is 0.184. The van der Waals surface area contributed by atoms with Crippen LogP contribution in [0.5, 0.6) is 0 Å². The van der Waals surface area contributed by atoms with Crippen molar-refractivity contribution in [3.05, 3.63) is 0 Å². The van der Waals surface area contributed by atoms with Gasteiger partial charge in [-0.25, -0.2) is 0 Å². The number of hydrogen-bond donors (Lipinski definition) is 10. The summed E-state index contributed by atoms with van der Waals surface area (Å²) in [6, 6.07) is 0. The maximum atomic E-state index is 7.80. The van der Waals surface area contributed by atoms with Gasteiger partial charge in [0.15, 0.2) is 0 Å². The van der Waals surface area contributed by atoms with Crippen molar-refractivity contribution in [2.24, 2.45) is 0 Å². The normalized spacial score (nSPS) is 3.68. The predicted molar refractivity (Wildman–Crippen MR) is 190 cm³/mol. The third kappa shape index (κ3) is 45000. The maximum Gasteiger partial charge on any atom is 0.0519 e. The Labute approximate surface area is 256 Å². The highest BCUT2D eigenvalue weighted by atomic mass is 32.1. The van der Waals surface area contributed by atoms with Crippen LogP contribution in [0.3, 0.4) is 0 Å². The molecule has 0 unspecified atom stereocenters. The fraction of sp³-hybridized carbons (Fsp3) is 1.00. The van der Waals surface area contributed by atoms with Crippen LogP contribution in [0.1, 0.15) is 128 Å². The topological polar surface area (TPSA) is 182 Å². The summed E-state index contributed by atoms with van der Waals surface area (Å²) >= 11 is 3.67. The first kappa shape index (κ1) is 118. The van der Waals surface area contributed by atoms with Gasteiger partial charge in [0.05, 0.1) is 6.61 Å². The molecular formula is C28H94O9S. The fourth-order valence-electron chi connectivity index (χ4n) is 0. The summed E-state index contributed by atoms with van der Waals surface area (Å²) in [5.41, 5.74) is 0. The number of aliphatic hydroxyl groups excluding tert-OH is 9. The molecule has 0 saturated carbocycles. The van der Waals surface area contributed by atoms with Gasteiger partial charge in [0.25, 0.3) is 0 Å². The minimum atomic E-state index is 0.184. The summed E-state index contributed by atoms with van der Waals surface area (Å²) in [6.07, 6.45) is 0. The quantitative estimate of drug-likeness (QED) is 0.154. The lowest BCUT2D eigenvalue weighted by atomic mass is 10.9. The van der Waals surface area contributed by atoms with Gasteiger partial charge in [-0.15, -0.1) is 0 Å². The second-order valence-corrected chi connectivity index (χ2v) is 0.894. The molecule has 0 amide bonds. The van der Waals surface area contributed by atoms with Gasteiger partial charge in [-0.2, -0.15) is 12.6 Å². The SMILES string of the molecule is CC.CC.CC.CC.CC.CC.CC.CC.CO.CO.CO.CO.CO.CO.CO.CO.OCCS.[2H]C.[2H]C. The van der Waals surface area contributed by atoms with Crippen LogP contribution in [0.2, 0.25) is 0 Å². The second-order valence-electron chi connectivity index (χ2n) is 0.447. The Morgan fingerprint density at radius 2 is 0.368 bits per heavy atom. The molecule has 0 bridgehead atoms. The van der Waals surface area contributed by atoms with Crippen molar-refractivity contribution in [3.63, 3.8) is 0 Å². The number of thiol groups is 1. The summed E-state index contributed by atoms with van der Waals surface area (Å²) < 4.78 is 11.5. The second kappa shape index (κ2) is 12100. The van der Waals surface area contributed by atoms with Crippen LogP contribution in [-0.2, 0) is 0 Å². The summed E-state index contributed by atoms with van der Waals surface area (Å²) in [7, 11) is 10.5. The highest BCUT2D eigenvalue weighted by Gasteiger charge is 1.57. The first-order chi connectivity index (χ1) is 19.9. The van der Waals surface area contributed by atoms with E-state index >= 15 is 0 Å². The van der Waals surface area contributed by atoms with E-state index in [0.717, 1.165) is 56.9 Å². The Bertz CT molecular complexity index is 49.7. The van der Waals surface area contributed by atoms with Crippen molar-refractivity contribution >= 4 is 12.6 Å². The van der Waals surface area contributed by atoms with Crippen molar-refractivity contribution < 1.29 is 48.7 Å². The minimum Gasteiger partial charge on any atom is -0.400 e. The van der Waals surface area contributed by atoms with Crippen molar-refractivity contribution in [1.82, 2.24) is 0 Å². The molecule has 38 heavy (non-hydrogen) atoms. The fourth-order valence-corrected chi connectivity index (χ4v) is 0. The van der Waals surface area contributed by atoms with Gasteiger partial charge < -0.3 is 46.0 Å². The molecule has 0 aromatic heterocycles. The van der Waals surface area contributed by atoms with E-state index in [0.29, 0.717) is 5.75 Å². The number of rotatable bonds is 1. The molecule has 0 spiro atoms. The molecule has 0 aliphatic rings. The third-order valence-corrected chi connectivity index (χ3v) is 0.300. The largest absolute Gasteiger partial charge is 0.400 e. The first-order valence-electron chi connectivity index (χ1n) is 14.7. The molecule has 0 rings (SSSR count). The van der Waals surface area contributed by atoms with E-state index < -0.39 is 0 Å². The monoisotopic (exact) mass is 609 g/mol. The van der Waals surface area contributed by atoms with E-state index in [4.69, 9.17) is 48.7 Å². The zero-order chi connectivity index (χ0) is 39.4. The number of aliphatic hydroxyl groups is 9. The van der Waals surface area contributed by atoms with E-state index in [1.807, 2.05) is 111 Å². The number of hydrogen-bond acceptors (Lipinski definition) is 10. The zero-order valence-electron chi connectivity index (χ0n) is 33.9. The Kier molecular flexibility index (Phi) is 37600. The highest BCUT2D eigenvalue weighted by molar-refractivity contribution is 7.80. The molecule has 0 atom stereocenters. The van der Waals surface area contributed by atoms with Crippen molar-refractivity contribution in [2.75, 3.05) is 69.2 Å².